The van der Waals surface area contributed by atoms with Crippen molar-refractivity contribution >= 4 is 51.9 Å². The van der Waals surface area contributed by atoms with Gasteiger partial charge in [0.2, 0.25) is 0 Å². The Balaban J connectivity index is 1.50. The monoisotopic (exact) mass is 488 g/mol. The van der Waals surface area contributed by atoms with E-state index in [0.717, 1.165) is 18.4 Å². The van der Waals surface area contributed by atoms with Gasteiger partial charge in [-0.15, -0.1) is 11.3 Å². The molecule has 1 fully saturated rings. The second kappa shape index (κ2) is 9.52. The standard InChI is InChI=1S/C23H21ClN2O4S2/c1-26(23(10-5-4-8-19(23)27)16-6-2-3-7-17(16)24)20(28)12-30-22(29)18-14-32-21(25-18)15-9-11-31-13-15/h2-3,6-7,9,11,13-14H,4-5,8,10,12H2,1H3/t23-/m1/s1. The van der Waals surface area contributed by atoms with Crippen LogP contribution in [0.5, 0.6) is 0 Å². The number of rotatable bonds is 6. The maximum atomic E-state index is 13.1. The molecule has 1 aliphatic carbocycles. The van der Waals surface area contributed by atoms with Crippen molar-refractivity contribution in [3.05, 3.63) is 62.8 Å². The molecule has 6 nitrogen and oxygen atoms in total. The Labute approximate surface area is 198 Å². The minimum absolute atomic E-state index is 0.0565. The maximum Gasteiger partial charge on any atom is 0.358 e. The number of hydrogen-bond donors (Lipinski definition) is 0. The fraction of sp³-hybridized carbons (Fsp3) is 0.304. The SMILES string of the molecule is CN(C(=O)COC(=O)c1csc(-c2ccsc2)n1)[C@@]1(c2ccccc2Cl)CCCCC1=O. The number of hydrogen-bond acceptors (Lipinski definition) is 7. The molecule has 0 saturated heterocycles. The van der Waals surface area contributed by atoms with Crippen LogP contribution in [0, 0.1) is 0 Å². The van der Waals surface area contributed by atoms with Crippen molar-refractivity contribution in [3.63, 3.8) is 0 Å². The van der Waals surface area contributed by atoms with Crippen LogP contribution in [0.3, 0.4) is 0 Å². The number of esters is 1. The number of thiazole rings is 1. The van der Waals surface area contributed by atoms with Crippen LogP contribution in [0.1, 0.15) is 41.7 Å². The quantitative estimate of drug-likeness (QED) is 0.447. The number of carbonyl (C=O) groups excluding carboxylic acids is 3. The Bertz CT molecular complexity index is 1140. The number of ether oxygens (including phenoxy) is 1. The predicted octanol–water partition coefficient (Wildman–Crippen LogP) is 5.18. The summed E-state index contributed by atoms with van der Waals surface area (Å²) in [6.45, 7) is -0.486. The van der Waals surface area contributed by atoms with E-state index < -0.39 is 24.0 Å². The highest BCUT2D eigenvalue weighted by molar-refractivity contribution is 7.14. The highest BCUT2D eigenvalue weighted by atomic mass is 35.5. The first kappa shape index (κ1) is 22.6. The molecule has 0 unspecified atom stereocenters. The molecule has 9 heteroatoms. The van der Waals surface area contributed by atoms with Crippen molar-refractivity contribution in [2.75, 3.05) is 13.7 Å². The van der Waals surface area contributed by atoms with Crippen molar-refractivity contribution < 1.29 is 19.1 Å². The highest BCUT2D eigenvalue weighted by Gasteiger charge is 2.48. The molecule has 1 aliphatic rings. The number of nitrogens with zero attached hydrogens (tertiary/aromatic N) is 2. The van der Waals surface area contributed by atoms with Gasteiger partial charge in [0.1, 0.15) is 10.5 Å². The van der Waals surface area contributed by atoms with Gasteiger partial charge in [0.25, 0.3) is 5.91 Å². The van der Waals surface area contributed by atoms with Crippen LogP contribution in [0.2, 0.25) is 5.02 Å². The first-order valence-corrected chi connectivity index (χ1v) is 12.3. The molecule has 2 heterocycles. The van der Waals surface area contributed by atoms with E-state index in [1.807, 2.05) is 16.8 Å². The van der Waals surface area contributed by atoms with Gasteiger partial charge in [-0.3, -0.25) is 9.59 Å². The van der Waals surface area contributed by atoms with Crippen LogP contribution in [0.4, 0.5) is 0 Å². The fourth-order valence-electron chi connectivity index (χ4n) is 4.03. The molecule has 1 amide bonds. The zero-order valence-corrected chi connectivity index (χ0v) is 19.8. The third-order valence-corrected chi connectivity index (χ3v) is 7.63. The number of thiophene rings is 1. The lowest BCUT2D eigenvalue weighted by molar-refractivity contribution is -0.150. The van der Waals surface area contributed by atoms with Gasteiger partial charge >= 0.3 is 5.97 Å². The lowest BCUT2D eigenvalue weighted by Gasteiger charge is -2.43. The van der Waals surface area contributed by atoms with E-state index in [4.69, 9.17) is 16.3 Å². The van der Waals surface area contributed by atoms with Gasteiger partial charge < -0.3 is 9.64 Å². The number of carbonyl (C=O) groups is 3. The largest absolute Gasteiger partial charge is 0.451 e. The third kappa shape index (κ3) is 4.22. The third-order valence-electron chi connectivity index (χ3n) is 5.73. The van der Waals surface area contributed by atoms with Crippen LogP contribution in [-0.2, 0) is 19.9 Å². The lowest BCUT2D eigenvalue weighted by atomic mass is 9.74. The van der Waals surface area contributed by atoms with Crippen LogP contribution in [0.25, 0.3) is 10.6 Å². The summed E-state index contributed by atoms with van der Waals surface area (Å²) in [5, 5.41) is 6.64. The summed E-state index contributed by atoms with van der Waals surface area (Å²) in [5.41, 5.74) is 0.536. The number of amides is 1. The second-order valence-corrected chi connectivity index (χ2v) is 9.59. The molecule has 0 bridgehead atoms. The molecular weight excluding hydrogens is 468 g/mol. The highest BCUT2D eigenvalue weighted by Crippen LogP contribution is 2.42. The Morgan fingerprint density at radius 3 is 2.75 bits per heavy atom. The normalized spacial score (nSPS) is 18.4. The molecule has 166 valence electrons. The molecule has 1 saturated carbocycles. The van der Waals surface area contributed by atoms with Crippen molar-refractivity contribution in [2.24, 2.45) is 0 Å². The molecule has 1 aromatic carbocycles. The minimum Gasteiger partial charge on any atom is -0.451 e. The van der Waals surface area contributed by atoms with Crippen LogP contribution in [-0.4, -0.2) is 41.2 Å². The van der Waals surface area contributed by atoms with Gasteiger partial charge in [0.15, 0.2) is 18.1 Å². The van der Waals surface area contributed by atoms with Crippen LogP contribution < -0.4 is 0 Å². The summed E-state index contributed by atoms with van der Waals surface area (Å²) >= 11 is 9.31. The smallest absolute Gasteiger partial charge is 0.358 e. The number of Topliss-reactive ketones (excluding diaryl/α,β-unsaturated/α-hetero) is 1. The number of aromatic nitrogens is 1. The first-order chi connectivity index (χ1) is 15.4. The number of likely N-dealkylation sites (N-methyl/N-ethyl adjacent to an activating group) is 1. The summed E-state index contributed by atoms with van der Waals surface area (Å²) in [6.07, 6.45) is 2.41. The van der Waals surface area contributed by atoms with Gasteiger partial charge in [-0.05, 0) is 36.8 Å². The van der Waals surface area contributed by atoms with E-state index in [2.05, 4.69) is 4.98 Å². The molecule has 3 aromatic rings. The molecule has 2 aromatic heterocycles. The van der Waals surface area contributed by atoms with E-state index in [9.17, 15) is 14.4 Å². The summed E-state index contributed by atoms with van der Waals surface area (Å²) in [5.74, 6) is -1.20. The maximum absolute atomic E-state index is 13.1. The summed E-state index contributed by atoms with van der Waals surface area (Å²) < 4.78 is 5.25. The van der Waals surface area contributed by atoms with Gasteiger partial charge in [-0.25, -0.2) is 9.78 Å². The second-order valence-electron chi connectivity index (χ2n) is 7.55. The molecule has 0 spiro atoms. The van der Waals surface area contributed by atoms with E-state index in [1.165, 1.54) is 16.2 Å². The topological polar surface area (TPSA) is 76.6 Å². The average Bonchev–Trinajstić information content (AvgIpc) is 3.50. The molecular formula is C23H21ClN2O4S2. The van der Waals surface area contributed by atoms with Gasteiger partial charge in [0, 0.05) is 40.4 Å². The molecule has 1 atom stereocenters. The molecule has 0 aliphatic heterocycles. The van der Waals surface area contributed by atoms with Crippen molar-refractivity contribution in [2.45, 2.75) is 31.2 Å². The zero-order valence-electron chi connectivity index (χ0n) is 17.4. The minimum atomic E-state index is -1.16. The lowest BCUT2D eigenvalue weighted by Crippen LogP contribution is -2.55. The fourth-order valence-corrected chi connectivity index (χ4v) is 5.82. The number of halogens is 1. The van der Waals surface area contributed by atoms with E-state index in [1.54, 1.807) is 48.0 Å². The van der Waals surface area contributed by atoms with E-state index in [-0.39, 0.29) is 11.5 Å². The Hall–Kier alpha value is -2.55. The van der Waals surface area contributed by atoms with Crippen LogP contribution >= 0.6 is 34.3 Å². The Morgan fingerprint density at radius 1 is 1.22 bits per heavy atom. The summed E-state index contributed by atoms with van der Waals surface area (Å²) in [7, 11) is 1.57. The number of ketones is 1. The van der Waals surface area contributed by atoms with Crippen molar-refractivity contribution in [1.29, 1.82) is 0 Å². The molecule has 4 rings (SSSR count). The van der Waals surface area contributed by atoms with Crippen molar-refractivity contribution in [3.8, 4) is 10.6 Å². The van der Waals surface area contributed by atoms with Gasteiger partial charge in [0.05, 0.1) is 0 Å². The Kier molecular flexibility index (Phi) is 6.74. The number of benzene rings is 1. The molecule has 0 radical (unpaired) electrons. The first-order valence-electron chi connectivity index (χ1n) is 10.1. The Morgan fingerprint density at radius 2 is 2.03 bits per heavy atom. The summed E-state index contributed by atoms with van der Waals surface area (Å²) in [4.78, 5) is 44.3. The predicted molar refractivity (Wildman–Crippen MR) is 125 cm³/mol. The zero-order chi connectivity index (χ0) is 22.7. The molecule has 0 N–H and O–H groups in total. The summed E-state index contributed by atoms with van der Waals surface area (Å²) in [6, 6.07) is 9.01. The average molecular weight is 489 g/mol. The van der Waals surface area contributed by atoms with Crippen molar-refractivity contribution in [1.82, 2.24) is 9.88 Å². The van der Waals surface area contributed by atoms with Gasteiger partial charge in [-0.1, -0.05) is 29.8 Å². The molecule has 32 heavy (non-hydrogen) atoms. The van der Waals surface area contributed by atoms with E-state index >= 15 is 0 Å². The van der Waals surface area contributed by atoms with Crippen LogP contribution in [0.15, 0.2) is 46.5 Å². The van der Waals surface area contributed by atoms with E-state index in [0.29, 0.717) is 28.4 Å². The van der Waals surface area contributed by atoms with Gasteiger partial charge in [-0.2, -0.15) is 11.3 Å².